The second-order valence-corrected chi connectivity index (χ2v) is 4.38. The molecule has 0 aromatic rings. The van der Waals surface area contributed by atoms with Crippen molar-refractivity contribution in [2.24, 2.45) is 5.92 Å². The van der Waals surface area contributed by atoms with Gasteiger partial charge in [0.15, 0.2) is 5.78 Å². The minimum atomic E-state index is 0.279. The van der Waals surface area contributed by atoms with E-state index < -0.39 is 0 Å². The highest BCUT2D eigenvalue weighted by molar-refractivity contribution is 5.97. The Labute approximate surface area is 87.6 Å². The van der Waals surface area contributed by atoms with E-state index in [0.717, 1.165) is 24.8 Å². The molecule has 0 bridgehead atoms. The molecule has 0 N–H and O–H groups in total. The van der Waals surface area contributed by atoms with Crippen LogP contribution in [-0.4, -0.2) is 5.78 Å². The lowest BCUT2D eigenvalue weighted by Gasteiger charge is -2.17. The summed E-state index contributed by atoms with van der Waals surface area (Å²) in [6.07, 6.45) is 10.4. The first kappa shape index (κ1) is 11.5. The molecule has 1 unspecified atom stereocenters. The molecular weight excluding hydrogens is 172 g/mol. The molecule has 0 aromatic heterocycles. The zero-order valence-electron chi connectivity index (χ0n) is 9.51. The van der Waals surface area contributed by atoms with Gasteiger partial charge in [0.25, 0.3) is 0 Å². The Bertz CT molecular complexity index is 215. The van der Waals surface area contributed by atoms with Crippen LogP contribution < -0.4 is 0 Å². The number of hydrogen-bond donors (Lipinski definition) is 0. The van der Waals surface area contributed by atoms with Crippen LogP contribution in [-0.2, 0) is 4.79 Å². The molecule has 1 nitrogen and oxygen atoms in total. The Morgan fingerprint density at radius 2 is 2.14 bits per heavy atom. The van der Waals surface area contributed by atoms with E-state index in [9.17, 15) is 4.79 Å². The summed E-state index contributed by atoms with van der Waals surface area (Å²) >= 11 is 0. The maximum absolute atomic E-state index is 11.7. The van der Waals surface area contributed by atoms with Crippen LogP contribution in [0.25, 0.3) is 0 Å². The predicted octanol–water partition coefficient (Wildman–Crippen LogP) is 3.88. The van der Waals surface area contributed by atoms with Crippen molar-refractivity contribution < 1.29 is 4.79 Å². The van der Waals surface area contributed by atoms with Gasteiger partial charge in [-0.25, -0.2) is 0 Å². The van der Waals surface area contributed by atoms with Gasteiger partial charge in [-0.05, 0) is 31.3 Å². The zero-order valence-corrected chi connectivity index (χ0v) is 9.51. The van der Waals surface area contributed by atoms with Gasteiger partial charge < -0.3 is 0 Å². The van der Waals surface area contributed by atoms with Crippen molar-refractivity contribution in [3.05, 3.63) is 11.6 Å². The van der Waals surface area contributed by atoms with E-state index in [-0.39, 0.29) is 5.92 Å². The molecule has 14 heavy (non-hydrogen) atoms. The minimum Gasteiger partial charge on any atom is -0.294 e. The maximum atomic E-state index is 11.7. The fourth-order valence-electron chi connectivity index (χ4n) is 2.02. The highest BCUT2D eigenvalue weighted by atomic mass is 16.1. The maximum Gasteiger partial charge on any atom is 0.161 e. The van der Waals surface area contributed by atoms with E-state index in [0.29, 0.717) is 5.78 Å². The van der Waals surface area contributed by atoms with Crippen molar-refractivity contribution in [1.82, 2.24) is 0 Å². The second kappa shape index (κ2) is 6.00. The average molecular weight is 194 g/mol. The molecule has 1 heteroatoms. The second-order valence-electron chi connectivity index (χ2n) is 4.38. The van der Waals surface area contributed by atoms with Crippen LogP contribution >= 0.6 is 0 Å². The summed E-state index contributed by atoms with van der Waals surface area (Å²) in [4.78, 5) is 11.7. The van der Waals surface area contributed by atoms with Gasteiger partial charge in [-0.1, -0.05) is 39.2 Å². The number of carbonyl (C=O) groups is 1. The van der Waals surface area contributed by atoms with Gasteiger partial charge in [-0.2, -0.15) is 0 Å². The summed E-state index contributed by atoms with van der Waals surface area (Å²) in [7, 11) is 0. The van der Waals surface area contributed by atoms with Crippen LogP contribution in [0.2, 0.25) is 0 Å². The Morgan fingerprint density at radius 3 is 2.86 bits per heavy atom. The summed E-state index contributed by atoms with van der Waals surface area (Å²) in [6, 6.07) is 0. The lowest BCUT2D eigenvalue weighted by atomic mass is 9.86. The standard InChI is InChI=1S/C13H22O/c1-3-4-5-6-9-12-10-7-8-11(2)13(12)14/h10-11H,3-9H2,1-2H3. The number of ketones is 1. The van der Waals surface area contributed by atoms with E-state index in [1.807, 2.05) is 0 Å². The van der Waals surface area contributed by atoms with Crippen LogP contribution in [0.4, 0.5) is 0 Å². The van der Waals surface area contributed by atoms with Gasteiger partial charge in [0.05, 0.1) is 0 Å². The summed E-state index contributed by atoms with van der Waals surface area (Å²) in [5.74, 6) is 0.689. The Morgan fingerprint density at radius 1 is 1.36 bits per heavy atom. The van der Waals surface area contributed by atoms with Crippen molar-refractivity contribution in [3.63, 3.8) is 0 Å². The van der Waals surface area contributed by atoms with Gasteiger partial charge in [0.1, 0.15) is 0 Å². The van der Waals surface area contributed by atoms with E-state index in [4.69, 9.17) is 0 Å². The number of rotatable bonds is 5. The van der Waals surface area contributed by atoms with Gasteiger partial charge in [0.2, 0.25) is 0 Å². The van der Waals surface area contributed by atoms with Crippen molar-refractivity contribution in [2.75, 3.05) is 0 Å². The molecular formula is C13H22O. The van der Waals surface area contributed by atoms with E-state index in [1.54, 1.807) is 0 Å². The fourth-order valence-corrected chi connectivity index (χ4v) is 2.02. The van der Waals surface area contributed by atoms with Gasteiger partial charge in [-0.3, -0.25) is 4.79 Å². The Hall–Kier alpha value is -0.590. The zero-order chi connectivity index (χ0) is 10.4. The molecule has 0 amide bonds. The monoisotopic (exact) mass is 194 g/mol. The van der Waals surface area contributed by atoms with Crippen LogP contribution in [0.1, 0.15) is 58.8 Å². The molecule has 0 radical (unpaired) electrons. The lowest BCUT2D eigenvalue weighted by Crippen LogP contribution is -2.17. The molecule has 0 aliphatic heterocycles. The third-order valence-corrected chi connectivity index (χ3v) is 3.05. The SMILES string of the molecule is CCCCCCC1=CCCC(C)C1=O. The third kappa shape index (κ3) is 3.28. The average Bonchev–Trinajstić information content (AvgIpc) is 2.19. The highest BCUT2D eigenvalue weighted by Crippen LogP contribution is 2.23. The Balaban J connectivity index is 2.29. The van der Waals surface area contributed by atoms with Crippen LogP contribution in [0.3, 0.4) is 0 Å². The quantitative estimate of drug-likeness (QED) is 0.607. The van der Waals surface area contributed by atoms with Crippen LogP contribution in [0.15, 0.2) is 11.6 Å². The molecule has 1 aliphatic rings. The van der Waals surface area contributed by atoms with E-state index in [2.05, 4.69) is 19.9 Å². The van der Waals surface area contributed by atoms with E-state index >= 15 is 0 Å². The first-order valence-electron chi connectivity index (χ1n) is 5.99. The van der Waals surface area contributed by atoms with Crippen molar-refractivity contribution in [2.45, 2.75) is 58.8 Å². The molecule has 0 spiro atoms. The third-order valence-electron chi connectivity index (χ3n) is 3.05. The lowest BCUT2D eigenvalue weighted by molar-refractivity contribution is -0.119. The van der Waals surface area contributed by atoms with Gasteiger partial charge >= 0.3 is 0 Å². The molecule has 0 saturated heterocycles. The van der Waals surface area contributed by atoms with Gasteiger partial charge in [0, 0.05) is 5.92 Å². The van der Waals surface area contributed by atoms with Crippen molar-refractivity contribution in [3.8, 4) is 0 Å². The minimum absolute atomic E-state index is 0.279. The highest BCUT2D eigenvalue weighted by Gasteiger charge is 2.20. The number of Topliss-reactive ketones (excluding diaryl/α,β-unsaturated/α-hetero) is 1. The summed E-state index contributed by atoms with van der Waals surface area (Å²) in [5, 5.41) is 0. The molecule has 0 aromatic carbocycles. The smallest absolute Gasteiger partial charge is 0.161 e. The number of hydrogen-bond acceptors (Lipinski definition) is 1. The largest absolute Gasteiger partial charge is 0.294 e. The first-order valence-corrected chi connectivity index (χ1v) is 5.99. The summed E-state index contributed by atoms with van der Waals surface area (Å²) in [6.45, 7) is 4.27. The molecule has 0 saturated carbocycles. The number of allylic oxidation sites excluding steroid dienone is 2. The predicted molar refractivity (Wildman–Crippen MR) is 60.2 cm³/mol. The molecule has 0 fully saturated rings. The Kier molecular flexibility index (Phi) is 4.92. The first-order chi connectivity index (χ1) is 6.75. The van der Waals surface area contributed by atoms with E-state index in [1.165, 1.54) is 25.7 Å². The van der Waals surface area contributed by atoms with Crippen LogP contribution in [0.5, 0.6) is 0 Å². The molecule has 1 atom stereocenters. The molecule has 80 valence electrons. The molecule has 1 rings (SSSR count). The molecule has 0 heterocycles. The summed E-state index contributed by atoms with van der Waals surface area (Å²) < 4.78 is 0. The topological polar surface area (TPSA) is 17.1 Å². The van der Waals surface area contributed by atoms with Crippen molar-refractivity contribution in [1.29, 1.82) is 0 Å². The molecule has 1 aliphatic carbocycles. The van der Waals surface area contributed by atoms with Gasteiger partial charge in [-0.15, -0.1) is 0 Å². The van der Waals surface area contributed by atoms with Crippen LogP contribution in [0, 0.1) is 5.92 Å². The fraction of sp³-hybridized carbons (Fsp3) is 0.769. The summed E-state index contributed by atoms with van der Waals surface area (Å²) in [5.41, 5.74) is 1.11. The van der Waals surface area contributed by atoms with Crippen molar-refractivity contribution >= 4 is 5.78 Å². The normalized spacial score (nSPS) is 22.3. The number of unbranched alkanes of at least 4 members (excludes halogenated alkanes) is 3. The number of carbonyl (C=O) groups excluding carboxylic acids is 1.